The summed E-state index contributed by atoms with van der Waals surface area (Å²) in [7, 11) is 0. The first-order valence-electron chi connectivity index (χ1n) is 16.7. The van der Waals surface area contributed by atoms with Crippen molar-refractivity contribution in [3.63, 3.8) is 0 Å². The van der Waals surface area contributed by atoms with Gasteiger partial charge in [0.2, 0.25) is 0 Å². The van der Waals surface area contributed by atoms with Crippen LogP contribution in [0.1, 0.15) is 5.56 Å². The highest BCUT2D eigenvalue weighted by Crippen LogP contribution is 2.45. The summed E-state index contributed by atoms with van der Waals surface area (Å²) in [4.78, 5) is 0. The molecule has 0 amide bonds. The van der Waals surface area contributed by atoms with E-state index in [0.29, 0.717) is 11.8 Å². The van der Waals surface area contributed by atoms with Crippen LogP contribution in [0.4, 0.5) is 0 Å². The smallest absolute Gasteiger partial charge is 0.139 e. The van der Waals surface area contributed by atoms with E-state index in [9.17, 15) is 0 Å². The number of furan rings is 2. The van der Waals surface area contributed by atoms with E-state index in [2.05, 4.69) is 158 Å². The third kappa shape index (κ3) is 3.69. The molecular formula is C46H28O2. The van der Waals surface area contributed by atoms with E-state index in [1.54, 1.807) is 0 Å². The first kappa shape index (κ1) is 26.0. The normalized spacial score (nSPS) is 18.5. The molecule has 0 aliphatic heterocycles. The number of hydrogen-bond donors (Lipinski definition) is 0. The summed E-state index contributed by atoms with van der Waals surface area (Å²) in [5.74, 6) is 0.724. The van der Waals surface area contributed by atoms with Gasteiger partial charge in [0.15, 0.2) is 0 Å². The number of allylic oxidation sites excluding steroid dienone is 12. The summed E-state index contributed by atoms with van der Waals surface area (Å²) in [6.07, 6.45) is 20.3. The summed E-state index contributed by atoms with van der Waals surface area (Å²) in [6.45, 7) is 0. The molecule has 6 aromatic carbocycles. The van der Waals surface area contributed by atoms with Crippen LogP contribution in [0.3, 0.4) is 0 Å². The molecule has 3 aliphatic rings. The molecule has 3 aliphatic carbocycles. The van der Waals surface area contributed by atoms with E-state index in [4.69, 9.17) is 8.83 Å². The van der Waals surface area contributed by atoms with Crippen molar-refractivity contribution < 1.29 is 8.83 Å². The highest BCUT2D eigenvalue weighted by Gasteiger charge is 2.30. The van der Waals surface area contributed by atoms with Gasteiger partial charge in [-0.25, -0.2) is 0 Å². The Morgan fingerprint density at radius 3 is 1.90 bits per heavy atom. The van der Waals surface area contributed by atoms with Gasteiger partial charge in [-0.05, 0) is 91.4 Å². The minimum Gasteiger partial charge on any atom is -0.456 e. The lowest BCUT2D eigenvalue weighted by molar-refractivity contribution is 0.618. The Morgan fingerprint density at radius 2 is 1.08 bits per heavy atom. The zero-order valence-electron chi connectivity index (χ0n) is 26.0. The second-order valence-electron chi connectivity index (χ2n) is 13.2. The molecule has 0 N–H and O–H groups in total. The van der Waals surface area contributed by atoms with Gasteiger partial charge in [0.05, 0.1) is 0 Å². The molecule has 2 heterocycles. The van der Waals surface area contributed by atoms with Crippen LogP contribution in [0.2, 0.25) is 0 Å². The minimum absolute atomic E-state index is 0.342. The van der Waals surface area contributed by atoms with E-state index in [1.165, 1.54) is 55.0 Å². The van der Waals surface area contributed by atoms with E-state index < -0.39 is 0 Å². The number of benzene rings is 6. The molecule has 0 spiro atoms. The van der Waals surface area contributed by atoms with Gasteiger partial charge in [-0.2, -0.15) is 0 Å². The minimum atomic E-state index is 0.342. The third-order valence-corrected chi connectivity index (χ3v) is 10.6. The van der Waals surface area contributed by atoms with Gasteiger partial charge in [-0.15, -0.1) is 0 Å². The van der Waals surface area contributed by atoms with Crippen molar-refractivity contribution in [2.24, 2.45) is 11.8 Å². The van der Waals surface area contributed by atoms with Crippen molar-refractivity contribution in [2.45, 2.75) is 0 Å². The van der Waals surface area contributed by atoms with Crippen LogP contribution >= 0.6 is 0 Å². The second kappa shape index (κ2) is 9.70. The van der Waals surface area contributed by atoms with Crippen molar-refractivity contribution >= 4 is 71.0 Å². The summed E-state index contributed by atoms with van der Waals surface area (Å²) in [6, 6.07) is 37.3. The van der Waals surface area contributed by atoms with Crippen LogP contribution in [-0.2, 0) is 0 Å². The number of hydrogen-bond acceptors (Lipinski definition) is 2. The van der Waals surface area contributed by atoms with Gasteiger partial charge in [0.25, 0.3) is 0 Å². The van der Waals surface area contributed by atoms with Crippen LogP contribution in [0, 0.1) is 11.8 Å². The lowest BCUT2D eigenvalue weighted by Gasteiger charge is -2.33. The fraction of sp³-hybridized carbons (Fsp3) is 0.0435. The largest absolute Gasteiger partial charge is 0.456 e. The number of rotatable bonds is 2. The maximum Gasteiger partial charge on any atom is 0.139 e. The standard InChI is InChI=1S/C46H28O2/c1-3-11-31-27(9-1)21-37(35-15-7-5-13-33(31)35)29-17-19-43-39(23-29)41-25-42-40-24-30(18-20-44(40)48-46(42)26-45(41)47-43)38-22-28-10-2-4-12-32(28)34-14-6-8-16-36(34)38/h1-26,31,33H. The van der Waals surface area contributed by atoms with Gasteiger partial charge in [0.1, 0.15) is 22.3 Å². The highest BCUT2D eigenvalue weighted by molar-refractivity contribution is 6.18. The maximum atomic E-state index is 6.44. The zero-order chi connectivity index (χ0) is 31.3. The fourth-order valence-corrected chi connectivity index (χ4v) is 8.36. The molecule has 2 heteroatoms. The Labute approximate surface area is 276 Å². The first-order valence-corrected chi connectivity index (χ1v) is 16.7. The molecule has 0 bridgehead atoms. The summed E-state index contributed by atoms with van der Waals surface area (Å²) < 4.78 is 12.9. The predicted octanol–water partition coefficient (Wildman–Crippen LogP) is 12.6. The molecule has 0 saturated heterocycles. The van der Waals surface area contributed by atoms with Gasteiger partial charge in [-0.1, -0.05) is 115 Å². The average Bonchev–Trinajstić information content (AvgIpc) is 3.69. The predicted molar refractivity (Wildman–Crippen MR) is 200 cm³/mol. The van der Waals surface area contributed by atoms with Crippen molar-refractivity contribution in [1.82, 2.24) is 0 Å². The Morgan fingerprint density at radius 1 is 0.438 bits per heavy atom. The summed E-state index contributed by atoms with van der Waals surface area (Å²) >= 11 is 0. The van der Waals surface area contributed by atoms with E-state index >= 15 is 0 Å². The van der Waals surface area contributed by atoms with E-state index in [-0.39, 0.29) is 0 Å². The molecule has 48 heavy (non-hydrogen) atoms. The topological polar surface area (TPSA) is 26.3 Å². The summed E-state index contributed by atoms with van der Waals surface area (Å²) in [5, 5.41) is 9.48. The van der Waals surface area contributed by atoms with Crippen molar-refractivity contribution in [1.29, 1.82) is 0 Å². The molecule has 0 fully saturated rings. The lowest BCUT2D eigenvalue weighted by Crippen LogP contribution is -2.21. The molecule has 0 saturated carbocycles. The molecule has 8 aromatic rings. The quantitative estimate of drug-likeness (QED) is 0.182. The molecule has 224 valence electrons. The lowest BCUT2D eigenvalue weighted by atomic mass is 9.70. The second-order valence-corrected chi connectivity index (χ2v) is 13.2. The van der Waals surface area contributed by atoms with Crippen LogP contribution in [0.5, 0.6) is 0 Å². The van der Waals surface area contributed by atoms with Crippen LogP contribution in [0.25, 0.3) is 82.1 Å². The van der Waals surface area contributed by atoms with E-state index in [1.807, 2.05) is 0 Å². The highest BCUT2D eigenvalue weighted by atomic mass is 16.3. The van der Waals surface area contributed by atoms with Gasteiger partial charge in [-0.3, -0.25) is 0 Å². The monoisotopic (exact) mass is 612 g/mol. The SMILES string of the molecule is C1=CC2=CC(c3ccc4oc5cc6oc7ccc(-c8cc9ccccc9c9ccccc89)cc7c6cc5c4c3)=C3C=CC=CC3C2C=C1. The van der Waals surface area contributed by atoms with Gasteiger partial charge < -0.3 is 8.83 Å². The van der Waals surface area contributed by atoms with Crippen LogP contribution in [-0.4, -0.2) is 0 Å². The van der Waals surface area contributed by atoms with Crippen molar-refractivity contribution in [3.8, 4) is 11.1 Å². The van der Waals surface area contributed by atoms with Crippen LogP contribution in [0.15, 0.2) is 178 Å². The Balaban J connectivity index is 1.10. The average molecular weight is 613 g/mol. The summed E-state index contributed by atoms with van der Waals surface area (Å²) in [5.41, 5.74) is 11.1. The molecule has 0 radical (unpaired) electrons. The Hall–Kier alpha value is -6.12. The zero-order valence-corrected chi connectivity index (χ0v) is 26.0. The fourth-order valence-electron chi connectivity index (χ4n) is 8.36. The Kier molecular flexibility index (Phi) is 5.25. The third-order valence-electron chi connectivity index (χ3n) is 10.6. The molecule has 2 unspecified atom stereocenters. The molecule has 11 rings (SSSR count). The molecule has 2 atom stereocenters. The van der Waals surface area contributed by atoms with Gasteiger partial charge in [0, 0.05) is 39.4 Å². The first-order chi connectivity index (χ1) is 23.8. The molecule has 2 aromatic heterocycles. The van der Waals surface area contributed by atoms with E-state index in [0.717, 1.165) is 43.9 Å². The molecule has 2 nitrogen and oxygen atoms in total. The molecular weight excluding hydrogens is 585 g/mol. The number of fused-ring (bicyclic) bond motifs is 12. The van der Waals surface area contributed by atoms with Crippen molar-refractivity contribution in [3.05, 3.63) is 175 Å². The van der Waals surface area contributed by atoms with Crippen LogP contribution < -0.4 is 0 Å². The van der Waals surface area contributed by atoms with Crippen molar-refractivity contribution in [2.75, 3.05) is 0 Å². The van der Waals surface area contributed by atoms with Gasteiger partial charge >= 0.3 is 0 Å². The Bertz CT molecular complexity index is 2890. The maximum absolute atomic E-state index is 6.44.